The quantitative estimate of drug-likeness (QED) is 0.764. The molecule has 7 nitrogen and oxygen atoms in total. The van der Waals surface area contributed by atoms with Gasteiger partial charge in [0.25, 0.3) is 5.56 Å². The van der Waals surface area contributed by atoms with Crippen molar-refractivity contribution in [2.45, 2.75) is 20.0 Å². The van der Waals surface area contributed by atoms with Crippen LogP contribution in [0.4, 0.5) is 0 Å². The molecule has 110 valence electrons. The molecule has 7 heteroatoms. The molecule has 0 atom stereocenters. The number of H-pyrrole nitrogens is 1. The molecule has 0 aliphatic carbocycles. The van der Waals surface area contributed by atoms with E-state index in [2.05, 4.69) is 26.9 Å². The maximum absolute atomic E-state index is 12.0. The van der Waals surface area contributed by atoms with E-state index in [9.17, 15) is 4.79 Å². The molecule has 0 radical (unpaired) electrons. The molecule has 21 heavy (non-hydrogen) atoms. The summed E-state index contributed by atoms with van der Waals surface area (Å²) < 4.78 is 6.96. The number of furan rings is 1. The first-order valence-electron chi connectivity index (χ1n) is 6.83. The highest BCUT2D eigenvalue weighted by Gasteiger charge is 2.12. The van der Waals surface area contributed by atoms with Gasteiger partial charge in [0, 0.05) is 7.05 Å². The average molecular weight is 287 g/mol. The van der Waals surface area contributed by atoms with E-state index in [4.69, 9.17) is 4.42 Å². The zero-order valence-corrected chi connectivity index (χ0v) is 12.0. The summed E-state index contributed by atoms with van der Waals surface area (Å²) in [4.78, 5) is 21.5. The van der Waals surface area contributed by atoms with Gasteiger partial charge in [0.1, 0.15) is 17.0 Å². The lowest BCUT2D eigenvalue weighted by atomic mass is 10.3. The second-order valence-corrected chi connectivity index (χ2v) is 4.90. The zero-order valence-electron chi connectivity index (χ0n) is 12.0. The molecule has 3 heterocycles. The molecule has 3 rings (SSSR count). The van der Waals surface area contributed by atoms with Gasteiger partial charge in [0.05, 0.1) is 25.5 Å². The Bertz CT molecular complexity index is 787. The topological polar surface area (TPSA) is 80.0 Å². The first-order chi connectivity index (χ1) is 10.2. The van der Waals surface area contributed by atoms with Crippen LogP contribution in [0.2, 0.25) is 0 Å². The molecular formula is C14H17N5O2. The lowest BCUT2D eigenvalue weighted by Crippen LogP contribution is -2.25. The molecule has 0 fully saturated rings. The van der Waals surface area contributed by atoms with Crippen LogP contribution >= 0.6 is 0 Å². The van der Waals surface area contributed by atoms with Crippen LogP contribution in [0.1, 0.15) is 18.5 Å². The van der Waals surface area contributed by atoms with Gasteiger partial charge in [0.2, 0.25) is 0 Å². The number of aromatic nitrogens is 4. The first-order valence-corrected chi connectivity index (χ1v) is 6.83. The molecule has 0 aromatic carbocycles. The molecule has 0 aliphatic heterocycles. The maximum atomic E-state index is 12.0. The average Bonchev–Trinajstić information content (AvgIpc) is 3.09. The molecule has 0 saturated heterocycles. The summed E-state index contributed by atoms with van der Waals surface area (Å²) >= 11 is 0. The van der Waals surface area contributed by atoms with E-state index in [1.165, 1.54) is 6.20 Å². The molecule has 1 N–H and O–H groups in total. The maximum Gasteiger partial charge on any atom is 0.262 e. The summed E-state index contributed by atoms with van der Waals surface area (Å²) in [5.41, 5.74) is 0.444. The molecule has 3 aromatic rings. The summed E-state index contributed by atoms with van der Waals surface area (Å²) in [7, 11) is 1.78. The van der Waals surface area contributed by atoms with Gasteiger partial charge >= 0.3 is 0 Å². The van der Waals surface area contributed by atoms with Crippen molar-refractivity contribution >= 4 is 11.0 Å². The normalized spacial score (nSPS) is 11.6. The monoisotopic (exact) mass is 287 g/mol. The third kappa shape index (κ3) is 2.73. The zero-order chi connectivity index (χ0) is 14.8. The second-order valence-electron chi connectivity index (χ2n) is 4.90. The van der Waals surface area contributed by atoms with Gasteiger partial charge in [-0.1, -0.05) is 6.92 Å². The molecule has 0 saturated carbocycles. The van der Waals surface area contributed by atoms with Gasteiger partial charge in [-0.05, 0) is 18.7 Å². The molecule has 0 unspecified atom stereocenters. The number of aryl methyl sites for hydroxylation is 1. The predicted octanol–water partition coefficient (Wildman–Crippen LogP) is 1.27. The van der Waals surface area contributed by atoms with E-state index in [1.54, 1.807) is 18.0 Å². The first kappa shape index (κ1) is 13.6. The van der Waals surface area contributed by atoms with Crippen LogP contribution in [0.15, 0.2) is 33.8 Å². The third-order valence-corrected chi connectivity index (χ3v) is 3.43. The van der Waals surface area contributed by atoms with E-state index < -0.39 is 0 Å². The number of hydrogen-bond acceptors (Lipinski definition) is 5. The van der Waals surface area contributed by atoms with Crippen LogP contribution in [0.25, 0.3) is 11.0 Å². The van der Waals surface area contributed by atoms with E-state index in [0.717, 1.165) is 12.3 Å². The van der Waals surface area contributed by atoms with Crippen molar-refractivity contribution in [3.63, 3.8) is 0 Å². The van der Waals surface area contributed by atoms with E-state index in [0.29, 0.717) is 29.9 Å². The van der Waals surface area contributed by atoms with Gasteiger partial charge in [-0.2, -0.15) is 5.10 Å². The van der Waals surface area contributed by atoms with Crippen molar-refractivity contribution < 1.29 is 4.42 Å². The summed E-state index contributed by atoms with van der Waals surface area (Å²) in [5.74, 6) is 1.52. The van der Waals surface area contributed by atoms with Crippen molar-refractivity contribution in [2.24, 2.45) is 7.05 Å². The number of hydrogen-bond donors (Lipinski definition) is 1. The van der Waals surface area contributed by atoms with Crippen LogP contribution in [0, 0.1) is 0 Å². The van der Waals surface area contributed by atoms with Crippen molar-refractivity contribution in [2.75, 3.05) is 6.54 Å². The van der Waals surface area contributed by atoms with Crippen molar-refractivity contribution in [1.29, 1.82) is 0 Å². The van der Waals surface area contributed by atoms with Crippen molar-refractivity contribution in [3.8, 4) is 0 Å². The Morgan fingerprint density at radius 2 is 2.29 bits per heavy atom. The Kier molecular flexibility index (Phi) is 3.57. The Morgan fingerprint density at radius 1 is 1.43 bits per heavy atom. The fraction of sp³-hybridized carbons (Fsp3) is 0.357. The number of nitrogens with one attached hydrogen (secondary N) is 1. The summed E-state index contributed by atoms with van der Waals surface area (Å²) in [6, 6.07) is 3.80. The van der Waals surface area contributed by atoms with Crippen LogP contribution in [-0.4, -0.2) is 31.2 Å². The number of aromatic amines is 1. The number of rotatable bonds is 5. The molecule has 0 spiro atoms. The lowest BCUT2D eigenvalue weighted by molar-refractivity contribution is 0.242. The molecule has 0 aliphatic rings. The van der Waals surface area contributed by atoms with Gasteiger partial charge in [0.15, 0.2) is 5.65 Å². The number of nitrogens with zero attached hydrogens (tertiary/aromatic N) is 4. The minimum absolute atomic E-state index is 0.155. The molecule has 3 aromatic heterocycles. The lowest BCUT2D eigenvalue weighted by Gasteiger charge is -2.18. The minimum atomic E-state index is -0.155. The van der Waals surface area contributed by atoms with Crippen molar-refractivity contribution in [1.82, 2.24) is 24.6 Å². The Labute approximate surface area is 121 Å². The molecular weight excluding hydrogens is 270 g/mol. The second kappa shape index (κ2) is 5.53. The van der Waals surface area contributed by atoms with Crippen LogP contribution in [0.5, 0.6) is 0 Å². The van der Waals surface area contributed by atoms with Crippen LogP contribution < -0.4 is 5.56 Å². The van der Waals surface area contributed by atoms with E-state index in [-0.39, 0.29) is 5.56 Å². The molecule has 0 amide bonds. The Morgan fingerprint density at radius 3 is 3.00 bits per heavy atom. The van der Waals surface area contributed by atoms with Crippen LogP contribution in [-0.2, 0) is 20.1 Å². The Balaban J connectivity index is 1.86. The van der Waals surface area contributed by atoms with Gasteiger partial charge in [-0.15, -0.1) is 0 Å². The van der Waals surface area contributed by atoms with Gasteiger partial charge < -0.3 is 9.40 Å². The highest BCUT2D eigenvalue weighted by molar-refractivity contribution is 5.72. The molecule has 0 bridgehead atoms. The predicted molar refractivity (Wildman–Crippen MR) is 77.6 cm³/mol. The summed E-state index contributed by atoms with van der Waals surface area (Å²) in [6.07, 6.45) is 3.19. The third-order valence-electron chi connectivity index (χ3n) is 3.43. The fourth-order valence-corrected chi connectivity index (χ4v) is 2.27. The highest BCUT2D eigenvalue weighted by Crippen LogP contribution is 2.09. The SMILES string of the molecule is CCN(Cc1nc2c(cnn2C)c(=O)[nH]1)Cc1ccco1. The summed E-state index contributed by atoms with van der Waals surface area (Å²) in [6.45, 7) is 4.11. The smallest absolute Gasteiger partial charge is 0.262 e. The standard InChI is InChI=1S/C14H17N5O2/c1-3-19(8-10-5-4-6-21-10)9-12-16-13-11(14(20)17-12)7-15-18(13)2/h4-7H,3,8-9H2,1-2H3,(H,16,17,20). The minimum Gasteiger partial charge on any atom is -0.468 e. The van der Waals surface area contributed by atoms with Gasteiger partial charge in [-0.25, -0.2) is 4.98 Å². The number of fused-ring (bicyclic) bond motifs is 1. The highest BCUT2D eigenvalue weighted by atomic mass is 16.3. The Hall–Kier alpha value is -2.41. The fourth-order valence-electron chi connectivity index (χ4n) is 2.27. The summed E-state index contributed by atoms with van der Waals surface area (Å²) in [5, 5.41) is 4.57. The van der Waals surface area contributed by atoms with Gasteiger partial charge in [-0.3, -0.25) is 14.4 Å². The van der Waals surface area contributed by atoms with Crippen LogP contribution in [0.3, 0.4) is 0 Å². The van der Waals surface area contributed by atoms with E-state index in [1.807, 2.05) is 12.1 Å². The largest absolute Gasteiger partial charge is 0.468 e. The van der Waals surface area contributed by atoms with E-state index >= 15 is 0 Å². The van der Waals surface area contributed by atoms with Crippen molar-refractivity contribution in [3.05, 3.63) is 46.5 Å².